The first-order chi connectivity index (χ1) is 13.0. The summed E-state index contributed by atoms with van der Waals surface area (Å²) in [6.45, 7) is 2.22. The molecule has 1 aliphatic rings. The molecule has 0 aliphatic heterocycles. The van der Waals surface area contributed by atoms with E-state index in [1.54, 1.807) is 6.92 Å². The lowest BCUT2D eigenvalue weighted by Gasteiger charge is -2.11. The number of amides is 2. The number of hydrogen-bond donors (Lipinski definition) is 2. The molecule has 0 bridgehead atoms. The maximum absolute atomic E-state index is 12.3. The molecule has 2 aromatic rings. The highest BCUT2D eigenvalue weighted by atomic mass is 32.1. The van der Waals surface area contributed by atoms with E-state index in [0.29, 0.717) is 23.2 Å². The lowest BCUT2D eigenvalue weighted by Crippen LogP contribution is -2.30. The molecule has 0 aromatic carbocycles. The molecule has 2 aromatic heterocycles. The molecule has 0 saturated heterocycles. The average molecular weight is 389 g/mol. The standard InChI is InChI=1S/C18H23N5O3S/c1-12-21-22-18(27-12)20-15(24)11-23-10-14(6-7-16(23)25)17(26)19-9-8-13-4-2-3-5-13/h6-7,10,13H,2-5,8-9,11H2,1H3,(H,19,26)(H,20,22,24). The van der Waals surface area contributed by atoms with E-state index in [9.17, 15) is 14.4 Å². The van der Waals surface area contributed by atoms with Crippen molar-refractivity contribution in [3.05, 3.63) is 39.3 Å². The Bertz CT molecular complexity index is 870. The van der Waals surface area contributed by atoms with Crippen LogP contribution in [0.15, 0.2) is 23.1 Å². The van der Waals surface area contributed by atoms with Crippen LogP contribution < -0.4 is 16.2 Å². The van der Waals surface area contributed by atoms with Crippen molar-refractivity contribution in [3.8, 4) is 0 Å². The van der Waals surface area contributed by atoms with E-state index < -0.39 is 5.91 Å². The summed E-state index contributed by atoms with van der Waals surface area (Å²) in [5, 5.41) is 14.2. The number of carbonyl (C=O) groups excluding carboxylic acids is 2. The second-order valence-corrected chi connectivity index (χ2v) is 7.94. The molecule has 1 aliphatic carbocycles. The second kappa shape index (κ2) is 8.90. The number of pyridine rings is 1. The minimum Gasteiger partial charge on any atom is -0.352 e. The number of hydrogen-bond acceptors (Lipinski definition) is 6. The highest BCUT2D eigenvalue weighted by Gasteiger charge is 2.15. The zero-order valence-electron chi connectivity index (χ0n) is 15.2. The number of anilines is 1. The Morgan fingerprint density at radius 3 is 2.74 bits per heavy atom. The molecule has 3 rings (SSSR count). The third-order valence-corrected chi connectivity index (χ3v) is 5.40. The van der Waals surface area contributed by atoms with Crippen LogP contribution in [0.4, 0.5) is 5.13 Å². The van der Waals surface area contributed by atoms with Crippen LogP contribution >= 0.6 is 11.3 Å². The molecule has 0 spiro atoms. The Morgan fingerprint density at radius 1 is 1.26 bits per heavy atom. The van der Waals surface area contributed by atoms with Crippen LogP contribution in [0.3, 0.4) is 0 Å². The summed E-state index contributed by atoms with van der Waals surface area (Å²) in [5.74, 6) is 0.0703. The van der Waals surface area contributed by atoms with Gasteiger partial charge in [0.2, 0.25) is 11.0 Å². The van der Waals surface area contributed by atoms with Gasteiger partial charge in [0.15, 0.2) is 0 Å². The van der Waals surface area contributed by atoms with Gasteiger partial charge in [-0.05, 0) is 25.3 Å². The third-order valence-electron chi connectivity index (χ3n) is 4.64. The van der Waals surface area contributed by atoms with Crippen molar-refractivity contribution in [1.29, 1.82) is 0 Å². The Morgan fingerprint density at radius 2 is 2.04 bits per heavy atom. The molecule has 0 atom stereocenters. The summed E-state index contributed by atoms with van der Waals surface area (Å²) in [4.78, 5) is 36.4. The van der Waals surface area contributed by atoms with Crippen molar-refractivity contribution < 1.29 is 9.59 Å². The fourth-order valence-corrected chi connectivity index (χ4v) is 3.85. The smallest absolute Gasteiger partial charge is 0.252 e. The van der Waals surface area contributed by atoms with Crippen LogP contribution in [0.25, 0.3) is 0 Å². The predicted molar refractivity (Wildman–Crippen MR) is 103 cm³/mol. The summed E-state index contributed by atoms with van der Waals surface area (Å²) in [5.41, 5.74) is 0.0154. The maximum Gasteiger partial charge on any atom is 0.252 e. The molecular weight excluding hydrogens is 366 g/mol. The van der Waals surface area contributed by atoms with E-state index in [1.165, 1.54) is 59.9 Å². The minimum atomic E-state index is -0.396. The van der Waals surface area contributed by atoms with Crippen molar-refractivity contribution in [3.63, 3.8) is 0 Å². The minimum absolute atomic E-state index is 0.194. The van der Waals surface area contributed by atoms with Crippen LogP contribution in [0.5, 0.6) is 0 Å². The van der Waals surface area contributed by atoms with Gasteiger partial charge in [-0.25, -0.2) is 0 Å². The first kappa shape index (κ1) is 19.2. The number of nitrogens with one attached hydrogen (secondary N) is 2. The SMILES string of the molecule is Cc1nnc(NC(=O)Cn2cc(C(=O)NCCC3CCCC3)ccc2=O)s1. The molecule has 8 nitrogen and oxygen atoms in total. The van der Waals surface area contributed by atoms with E-state index in [-0.39, 0.29) is 18.0 Å². The molecule has 1 fully saturated rings. The van der Waals surface area contributed by atoms with Crippen LogP contribution in [0.1, 0.15) is 47.5 Å². The number of aromatic nitrogens is 3. The predicted octanol–water partition coefficient (Wildman–Crippen LogP) is 1.96. The molecular formula is C18H23N5O3S. The zero-order valence-corrected chi connectivity index (χ0v) is 16.1. The molecule has 1 saturated carbocycles. The van der Waals surface area contributed by atoms with Gasteiger partial charge in [-0.1, -0.05) is 37.0 Å². The Hall–Kier alpha value is -2.55. The Kier molecular flexibility index (Phi) is 6.33. The lowest BCUT2D eigenvalue weighted by atomic mass is 10.0. The molecule has 0 unspecified atom stereocenters. The molecule has 2 N–H and O–H groups in total. The summed E-state index contributed by atoms with van der Waals surface area (Å²) < 4.78 is 1.22. The van der Waals surface area contributed by atoms with Gasteiger partial charge in [0.05, 0.1) is 5.56 Å². The van der Waals surface area contributed by atoms with Gasteiger partial charge >= 0.3 is 0 Å². The van der Waals surface area contributed by atoms with E-state index in [1.807, 2.05) is 0 Å². The van der Waals surface area contributed by atoms with E-state index >= 15 is 0 Å². The van der Waals surface area contributed by atoms with Crippen molar-refractivity contribution >= 4 is 28.3 Å². The second-order valence-electron chi connectivity index (χ2n) is 6.75. The molecule has 2 heterocycles. The third kappa shape index (κ3) is 5.46. The topological polar surface area (TPSA) is 106 Å². The Balaban J connectivity index is 1.56. The van der Waals surface area contributed by atoms with Gasteiger partial charge in [0.25, 0.3) is 11.5 Å². The fraction of sp³-hybridized carbons (Fsp3) is 0.500. The van der Waals surface area contributed by atoms with Gasteiger partial charge < -0.3 is 9.88 Å². The van der Waals surface area contributed by atoms with Crippen LogP contribution in [-0.2, 0) is 11.3 Å². The first-order valence-electron chi connectivity index (χ1n) is 9.10. The number of carbonyl (C=O) groups is 2. The van der Waals surface area contributed by atoms with Crippen LogP contribution in [0, 0.1) is 12.8 Å². The lowest BCUT2D eigenvalue weighted by molar-refractivity contribution is -0.116. The Labute approximate surface area is 161 Å². The quantitative estimate of drug-likeness (QED) is 0.753. The molecule has 144 valence electrons. The zero-order chi connectivity index (χ0) is 19.2. The molecule has 27 heavy (non-hydrogen) atoms. The van der Waals surface area contributed by atoms with E-state index in [0.717, 1.165) is 11.4 Å². The monoisotopic (exact) mass is 389 g/mol. The molecule has 2 amide bonds. The fourth-order valence-electron chi connectivity index (χ4n) is 3.24. The van der Waals surface area contributed by atoms with Gasteiger partial charge in [-0.15, -0.1) is 10.2 Å². The number of rotatable bonds is 7. The van der Waals surface area contributed by atoms with Crippen molar-refractivity contribution in [2.75, 3.05) is 11.9 Å². The van der Waals surface area contributed by atoms with Crippen LogP contribution in [0.2, 0.25) is 0 Å². The summed E-state index contributed by atoms with van der Waals surface area (Å²) in [6, 6.07) is 2.78. The highest BCUT2D eigenvalue weighted by Crippen LogP contribution is 2.26. The van der Waals surface area contributed by atoms with Gasteiger partial charge in [0, 0.05) is 18.8 Å². The van der Waals surface area contributed by atoms with Crippen LogP contribution in [-0.4, -0.2) is 33.1 Å². The van der Waals surface area contributed by atoms with Crippen molar-refractivity contribution in [1.82, 2.24) is 20.1 Å². The largest absolute Gasteiger partial charge is 0.352 e. The molecule has 0 radical (unpaired) electrons. The van der Waals surface area contributed by atoms with Crippen molar-refractivity contribution in [2.24, 2.45) is 5.92 Å². The van der Waals surface area contributed by atoms with E-state index in [4.69, 9.17) is 0 Å². The van der Waals surface area contributed by atoms with E-state index in [2.05, 4.69) is 20.8 Å². The van der Waals surface area contributed by atoms with Crippen molar-refractivity contribution in [2.45, 2.75) is 45.6 Å². The molecule has 9 heteroatoms. The van der Waals surface area contributed by atoms with Gasteiger partial charge in [0.1, 0.15) is 11.6 Å². The maximum atomic E-state index is 12.3. The first-order valence-corrected chi connectivity index (χ1v) is 9.91. The van der Waals surface area contributed by atoms with Gasteiger partial charge in [-0.2, -0.15) is 0 Å². The summed E-state index contributed by atoms with van der Waals surface area (Å²) in [7, 11) is 0. The summed E-state index contributed by atoms with van der Waals surface area (Å²) in [6.07, 6.45) is 7.44. The number of nitrogens with zero attached hydrogens (tertiary/aromatic N) is 3. The normalized spacial score (nSPS) is 14.3. The average Bonchev–Trinajstić information content (AvgIpc) is 3.28. The van der Waals surface area contributed by atoms with Gasteiger partial charge in [-0.3, -0.25) is 19.7 Å². The summed E-state index contributed by atoms with van der Waals surface area (Å²) >= 11 is 1.25. The highest BCUT2D eigenvalue weighted by molar-refractivity contribution is 7.15. The number of aryl methyl sites for hydroxylation is 1.